The Kier molecular flexibility index (Phi) is 4.47. The van der Waals surface area contributed by atoms with Gasteiger partial charge in [0.15, 0.2) is 0 Å². The van der Waals surface area contributed by atoms with Crippen molar-refractivity contribution in [3.8, 4) is 0 Å². The van der Waals surface area contributed by atoms with Gasteiger partial charge in [-0.05, 0) is 31.6 Å². The Labute approximate surface area is 112 Å². The average Bonchev–Trinajstić information content (AvgIpc) is 2.36. The highest BCUT2D eigenvalue weighted by Crippen LogP contribution is 2.36. The van der Waals surface area contributed by atoms with E-state index < -0.39 is 0 Å². The topological polar surface area (TPSA) is 20.3 Å². The lowest BCUT2D eigenvalue weighted by Crippen LogP contribution is -2.55. The van der Waals surface area contributed by atoms with E-state index in [2.05, 4.69) is 32.6 Å². The highest BCUT2D eigenvalue weighted by atomic mass is 16.1. The summed E-state index contributed by atoms with van der Waals surface area (Å²) in [7, 11) is 0. The van der Waals surface area contributed by atoms with Crippen molar-refractivity contribution in [2.75, 3.05) is 6.54 Å². The van der Waals surface area contributed by atoms with Crippen LogP contribution in [0.15, 0.2) is 0 Å². The lowest BCUT2D eigenvalue weighted by Gasteiger charge is -2.48. The molecule has 2 fully saturated rings. The van der Waals surface area contributed by atoms with E-state index in [1.54, 1.807) is 0 Å². The van der Waals surface area contributed by atoms with Crippen molar-refractivity contribution >= 4 is 5.78 Å². The SMILES string of the molecule is CC(C)C1CCCCC1N1CCC(=O)C(C)C1C. The summed E-state index contributed by atoms with van der Waals surface area (Å²) in [6.45, 7) is 10.1. The van der Waals surface area contributed by atoms with Crippen LogP contribution in [0.2, 0.25) is 0 Å². The predicted molar refractivity (Wildman–Crippen MR) is 75.5 cm³/mol. The van der Waals surface area contributed by atoms with Crippen molar-refractivity contribution in [3.63, 3.8) is 0 Å². The van der Waals surface area contributed by atoms with Gasteiger partial charge in [-0.25, -0.2) is 0 Å². The third kappa shape index (κ3) is 2.64. The first kappa shape index (κ1) is 14.0. The molecule has 2 nitrogen and oxygen atoms in total. The lowest BCUT2D eigenvalue weighted by atomic mass is 9.75. The van der Waals surface area contributed by atoms with Gasteiger partial charge in [-0.1, -0.05) is 33.6 Å². The van der Waals surface area contributed by atoms with Gasteiger partial charge < -0.3 is 0 Å². The Morgan fingerprint density at radius 1 is 1.17 bits per heavy atom. The van der Waals surface area contributed by atoms with E-state index in [9.17, 15) is 4.79 Å². The zero-order valence-corrected chi connectivity index (χ0v) is 12.5. The van der Waals surface area contributed by atoms with Crippen LogP contribution in [0.5, 0.6) is 0 Å². The van der Waals surface area contributed by atoms with Gasteiger partial charge in [0, 0.05) is 31.0 Å². The fourth-order valence-corrected chi connectivity index (χ4v) is 4.02. The van der Waals surface area contributed by atoms with Crippen LogP contribution in [0.3, 0.4) is 0 Å². The van der Waals surface area contributed by atoms with Crippen molar-refractivity contribution in [1.82, 2.24) is 4.90 Å². The quantitative estimate of drug-likeness (QED) is 0.748. The Morgan fingerprint density at radius 2 is 1.83 bits per heavy atom. The molecule has 1 saturated carbocycles. The van der Waals surface area contributed by atoms with Crippen LogP contribution >= 0.6 is 0 Å². The van der Waals surface area contributed by atoms with E-state index in [1.807, 2.05) is 0 Å². The maximum atomic E-state index is 11.8. The third-order valence-electron chi connectivity index (χ3n) is 5.43. The summed E-state index contributed by atoms with van der Waals surface area (Å²) in [5.74, 6) is 2.31. The molecule has 0 aromatic heterocycles. The van der Waals surface area contributed by atoms with Gasteiger partial charge in [0.1, 0.15) is 5.78 Å². The summed E-state index contributed by atoms with van der Waals surface area (Å²) in [5, 5.41) is 0. The second-order valence-corrected chi connectivity index (χ2v) is 6.74. The van der Waals surface area contributed by atoms with Crippen LogP contribution in [-0.2, 0) is 4.79 Å². The van der Waals surface area contributed by atoms with Crippen molar-refractivity contribution < 1.29 is 4.79 Å². The largest absolute Gasteiger partial charge is 0.299 e. The van der Waals surface area contributed by atoms with Gasteiger partial charge >= 0.3 is 0 Å². The zero-order chi connectivity index (χ0) is 13.3. The first-order valence-corrected chi connectivity index (χ1v) is 7.80. The Hall–Kier alpha value is -0.370. The maximum absolute atomic E-state index is 11.8. The molecule has 2 rings (SSSR count). The molecule has 18 heavy (non-hydrogen) atoms. The highest BCUT2D eigenvalue weighted by Gasteiger charge is 2.39. The summed E-state index contributed by atoms with van der Waals surface area (Å²) >= 11 is 0. The molecular formula is C16H29NO. The van der Waals surface area contributed by atoms with Crippen LogP contribution in [0.1, 0.15) is 59.8 Å². The van der Waals surface area contributed by atoms with Gasteiger partial charge in [-0.3, -0.25) is 9.69 Å². The molecule has 1 aliphatic heterocycles. The molecule has 104 valence electrons. The van der Waals surface area contributed by atoms with E-state index in [4.69, 9.17) is 0 Å². The minimum Gasteiger partial charge on any atom is -0.299 e. The lowest BCUT2D eigenvalue weighted by molar-refractivity contribution is -0.130. The van der Waals surface area contributed by atoms with Gasteiger partial charge in [-0.15, -0.1) is 0 Å². The number of piperidine rings is 1. The molecular weight excluding hydrogens is 222 g/mol. The molecule has 0 aromatic carbocycles. The number of Topliss-reactive ketones (excluding diaryl/α,β-unsaturated/α-hetero) is 1. The Bertz CT molecular complexity index is 299. The summed E-state index contributed by atoms with van der Waals surface area (Å²) in [6, 6.07) is 1.17. The van der Waals surface area contributed by atoms with Crippen molar-refractivity contribution in [1.29, 1.82) is 0 Å². The van der Waals surface area contributed by atoms with E-state index >= 15 is 0 Å². The molecule has 1 heterocycles. The molecule has 1 aliphatic carbocycles. The number of carbonyl (C=O) groups is 1. The van der Waals surface area contributed by atoms with Crippen LogP contribution in [-0.4, -0.2) is 29.3 Å². The molecule has 0 amide bonds. The number of ketones is 1. The molecule has 0 bridgehead atoms. The van der Waals surface area contributed by atoms with Gasteiger partial charge in [0.25, 0.3) is 0 Å². The second-order valence-electron chi connectivity index (χ2n) is 6.74. The van der Waals surface area contributed by atoms with Crippen LogP contribution in [0.4, 0.5) is 0 Å². The minimum atomic E-state index is 0.230. The summed E-state index contributed by atoms with van der Waals surface area (Å²) < 4.78 is 0. The standard InChI is InChI=1S/C16H29NO/c1-11(2)14-7-5-6-8-15(14)17-10-9-16(18)12(3)13(17)4/h11-15H,5-10H2,1-4H3. The molecule has 0 N–H and O–H groups in total. The third-order valence-corrected chi connectivity index (χ3v) is 5.43. The van der Waals surface area contributed by atoms with Crippen LogP contribution in [0, 0.1) is 17.8 Å². The number of rotatable bonds is 2. The summed E-state index contributed by atoms with van der Waals surface area (Å²) in [6.07, 6.45) is 6.27. The van der Waals surface area contributed by atoms with Crippen LogP contribution in [0.25, 0.3) is 0 Å². The number of likely N-dealkylation sites (tertiary alicyclic amines) is 1. The maximum Gasteiger partial charge on any atom is 0.138 e. The van der Waals surface area contributed by atoms with E-state index in [0.29, 0.717) is 11.8 Å². The first-order chi connectivity index (χ1) is 8.52. The molecule has 4 atom stereocenters. The summed E-state index contributed by atoms with van der Waals surface area (Å²) in [4.78, 5) is 14.5. The van der Waals surface area contributed by atoms with Gasteiger partial charge in [0.2, 0.25) is 0 Å². The first-order valence-electron chi connectivity index (χ1n) is 7.80. The van der Waals surface area contributed by atoms with Gasteiger partial charge in [0.05, 0.1) is 0 Å². The molecule has 0 radical (unpaired) electrons. The number of nitrogens with zero attached hydrogens (tertiary/aromatic N) is 1. The van der Waals surface area contributed by atoms with Crippen LogP contribution < -0.4 is 0 Å². The Balaban J connectivity index is 2.11. The number of hydrogen-bond acceptors (Lipinski definition) is 2. The molecule has 1 saturated heterocycles. The molecule has 0 spiro atoms. The molecule has 2 aliphatic rings. The molecule has 4 unspecified atom stereocenters. The monoisotopic (exact) mass is 251 g/mol. The number of carbonyl (C=O) groups excluding carboxylic acids is 1. The normalized spacial score (nSPS) is 39.3. The van der Waals surface area contributed by atoms with Gasteiger partial charge in [-0.2, -0.15) is 0 Å². The second kappa shape index (κ2) is 5.73. The smallest absolute Gasteiger partial charge is 0.138 e. The van der Waals surface area contributed by atoms with E-state index in [0.717, 1.165) is 30.8 Å². The van der Waals surface area contributed by atoms with Crippen molar-refractivity contribution in [3.05, 3.63) is 0 Å². The fourth-order valence-electron chi connectivity index (χ4n) is 4.02. The fraction of sp³-hybridized carbons (Fsp3) is 0.938. The minimum absolute atomic E-state index is 0.230. The molecule has 0 aromatic rings. The van der Waals surface area contributed by atoms with Crippen molar-refractivity contribution in [2.24, 2.45) is 17.8 Å². The predicted octanol–water partition coefficient (Wildman–Crippen LogP) is 3.50. The van der Waals surface area contributed by atoms with Crippen molar-refractivity contribution in [2.45, 2.75) is 71.9 Å². The van der Waals surface area contributed by atoms with E-state index in [-0.39, 0.29) is 5.92 Å². The average molecular weight is 251 g/mol. The zero-order valence-electron chi connectivity index (χ0n) is 12.5. The highest BCUT2D eigenvalue weighted by molar-refractivity contribution is 5.82. The van der Waals surface area contributed by atoms with E-state index in [1.165, 1.54) is 25.7 Å². The Morgan fingerprint density at radius 3 is 2.50 bits per heavy atom. The summed E-state index contributed by atoms with van der Waals surface area (Å²) in [5.41, 5.74) is 0. The molecule has 2 heteroatoms. The number of hydrogen-bond donors (Lipinski definition) is 0.